The summed E-state index contributed by atoms with van der Waals surface area (Å²) < 4.78 is 6.58. The van der Waals surface area contributed by atoms with Crippen LogP contribution >= 0.6 is 11.3 Å². The maximum atomic E-state index is 9.95. The second-order valence-corrected chi connectivity index (χ2v) is 7.98. The summed E-state index contributed by atoms with van der Waals surface area (Å²) >= 11 is 1.81. The predicted octanol–water partition coefficient (Wildman–Crippen LogP) is 4.16. The number of aromatic hydroxyl groups is 1. The minimum atomic E-state index is 0.0890. The molecular formula is C20H25NO2S. The van der Waals surface area contributed by atoms with E-state index in [1.165, 1.54) is 22.4 Å². The average Bonchev–Trinajstić information content (AvgIpc) is 3.08. The van der Waals surface area contributed by atoms with Crippen molar-refractivity contribution in [3.05, 3.63) is 51.7 Å². The summed E-state index contributed by atoms with van der Waals surface area (Å²) in [6, 6.07) is 10.5. The fourth-order valence-electron chi connectivity index (χ4n) is 4.23. The third-order valence-corrected chi connectivity index (χ3v) is 6.16. The van der Waals surface area contributed by atoms with E-state index < -0.39 is 0 Å². The van der Waals surface area contributed by atoms with Gasteiger partial charge in [-0.05, 0) is 60.5 Å². The Morgan fingerprint density at radius 2 is 2.25 bits per heavy atom. The van der Waals surface area contributed by atoms with Crippen LogP contribution in [-0.4, -0.2) is 35.2 Å². The van der Waals surface area contributed by atoms with Gasteiger partial charge < -0.3 is 9.84 Å². The Labute approximate surface area is 147 Å². The lowest BCUT2D eigenvalue weighted by molar-refractivity contribution is -0.127. The van der Waals surface area contributed by atoms with Gasteiger partial charge in [-0.25, -0.2) is 0 Å². The Bertz CT molecular complexity index is 685. The van der Waals surface area contributed by atoms with Crippen LogP contribution in [0.4, 0.5) is 0 Å². The summed E-state index contributed by atoms with van der Waals surface area (Å²) in [5.41, 5.74) is 2.53. The minimum absolute atomic E-state index is 0.0890. The number of morpholine rings is 1. The monoisotopic (exact) mass is 343 g/mol. The predicted molar refractivity (Wildman–Crippen MR) is 97.7 cm³/mol. The second kappa shape index (κ2) is 6.87. The highest BCUT2D eigenvalue weighted by Gasteiger charge is 2.40. The van der Waals surface area contributed by atoms with Crippen molar-refractivity contribution in [2.24, 2.45) is 0 Å². The molecule has 2 aliphatic rings. The molecule has 1 aromatic carbocycles. The average molecular weight is 343 g/mol. The SMILES string of the molecule is CCCN1CC(Cc2cccs2)O[C@@H]2c3cc(O)ccc3CC[C@H]21. The van der Waals surface area contributed by atoms with Gasteiger partial charge in [0.2, 0.25) is 0 Å². The van der Waals surface area contributed by atoms with Crippen LogP contribution in [0.25, 0.3) is 0 Å². The Morgan fingerprint density at radius 3 is 3.04 bits per heavy atom. The molecular weight excluding hydrogens is 318 g/mol. The molecule has 2 heterocycles. The standard InChI is InChI=1S/C20H25NO2S/c1-2-9-21-13-16(12-17-4-3-10-24-17)23-20-18-11-15(22)7-5-14(18)6-8-19(20)21/h3-5,7,10-11,16,19-20,22H,2,6,8-9,12-13H2,1H3/t16?,19-,20-/m1/s1. The molecule has 1 aliphatic carbocycles. The van der Waals surface area contributed by atoms with Crippen LogP contribution in [0.15, 0.2) is 35.7 Å². The normalized spacial score (nSPS) is 26.8. The first-order valence-electron chi connectivity index (χ1n) is 8.98. The van der Waals surface area contributed by atoms with E-state index in [0.29, 0.717) is 11.8 Å². The van der Waals surface area contributed by atoms with E-state index in [1.807, 2.05) is 17.4 Å². The minimum Gasteiger partial charge on any atom is -0.508 e. The lowest BCUT2D eigenvalue weighted by Gasteiger charge is -2.47. The Morgan fingerprint density at radius 1 is 1.33 bits per heavy atom. The van der Waals surface area contributed by atoms with Crippen LogP contribution in [0.3, 0.4) is 0 Å². The molecule has 1 N–H and O–H groups in total. The van der Waals surface area contributed by atoms with E-state index >= 15 is 0 Å². The lowest BCUT2D eigenvalue weighted by atomic mass is 9.83. The first-order valence-corrected chi connectivity index (χ1v) is 9.86. The number of fused-ring (bicyclic) bond motifs is 3. The Kier molecular flexibility index (Phi) is 4.61. The van der Waals surface area contributed by atoms with Crippen LogP contribution in [0, 0.1) is 0 Å². The molecule has 3 atom stereocenters. The van der Waals surface area contributed by atoms with Gasteiger partial charge >= 0.3 is 0 Å². The molecule has 0 amide bonds. The first-order chi connectivity index (χ1) is 11.7. The third-order valence-electron chi connectivity index (χ3n) is 5.26. The molecule has 2 aromatic rings. The number of phenols is 1. The van der Waals surface area contributed by atoms with Gasteiger partial charge in [-0.3, -0.25) is 4.90 Å². The second-order valence-electron chi connectivity index (χ2n) is 6.95. The Hall–Kier alpha value is -1.36. The highest BCUT2D eigenvalue weighted by molar-refractivity contribution is 7.09. The number of phenolic OH excluding ortho intramolecular Hbond substituents is 1. The molecule has 4 heteroatoms. The molecule has 0 bridgehead atoms. The highest BCUT2D eigenvalue weighted by Crippen LogP contribution is 2.41. The van der Waals surface area contributed by atoms with Crippen LogP contribution in [0.1, 0.15) is 41.9 Å². The molecule has 4 rings (SSSR count). The molecule has 1 saturated heterocycles. The van der Waals surface area contributed by atoms with Crippen molar-refractivity contribution in [2.45, 2.75) is 50.9 Å². The van der Waals surface area contributed by atoms with Gasteiger partial charge in [0, 0.05) is 23.9 Å². The number of nitrogens with zero attached hydrogens (tertiary/aromatic N) is 1. The van der Waals surface area contributed by atoms with Crippen molar-refractivity contribution in [1.29, 1.82) is 0 Å². The summed E-state index contributed by atoms with van der Waals surface area (Å²) in [5.74, 6) is 0.348. The van der Waals surface area contributed by atoms with E-state index in [4.69, 9.17) is 4.74 Å². The number of ether oxygens (including phenoxy) is 1. The molecule has 1 aromatic heterocycles. The van der Waals surface area contributed by atoms with E-state index in [1.54, 1.807) is 6.07 Å². The van der Waals surface area contributed by atoms with E-state index in [0.717, 1.165) is 32.4 Å². The summed E-state index contributed by atoms with van der Waals surface area (Å²) in [5, 5.41) is 12.1. The van der Waals surface area contributed by atoms with Crippen molar-refractivity contribution in [3.8, 4) is 5.75 Å². The molecule has 0 saturated carbocycles. The summed E-state index contributed by atoms with van der Waals surface area (Å²) in [6.07, 6.45) is 4.69. The van der Waals surface area contributed by atoms with E-state index in [-0.39, 0.29) is 12.2 Å². The molecule has 0 radical (unpaired) electrons. The molecule has 24 heavy (non-hydrogen) atoms. The van der Waals surface area contributed by atoms with Crippen molar-refractivity contribution in [1.82, 2.24) is 4.90 Å². The number of rotatable bonds is 4. The lowest BCUT2D eigenvalue weighted by Crippen LogP contribution is -2.53. The topological polar surface area (TPSA) is 32.7 Å². The van der Waals surface area contributed by atoms with Gasteiger partial charge in [0.05, 0.1) is 12.2 Å². The van der Waals surface area contributed by atoms with Crippen molar-refractivity contribution < 1.29 is 9.84 Å². The van der Waals surface area contributed by atoms with Crippen molar-refractivity contribution in [2.75, 3.05) is 13.1 Å². The maximum absolute atomic E-state index is 9.95. The molecule has 3 nitrogen and oxygen atoms in total. The van der Waals surface area contributed by atoms with Crippen LogP contribution in [0.5, 0.6) is 5.75 Å². The summed E-state index contributed by atoms with van der Waals surface area (Å²) in [6.45, 7) is 4.39. The fourth-order valence-corrected chi connectivity index (χ4v) is 5.00. The van der Waals surface area contributed by atoms with Gasteiger partial charge in [-0.2, -0.15) is 0 Å². The molecule has 128 valence electrons. The van der Waals surface area contributed by atoms with Crippen LogP contribution in [0.2, 0.25) is 0 Å². The van der Waals surface area contributed by atoms with Gasteiger partial charge in [-0.1, -0.05) is 19.1 Å². The highest BCUT2D eigenvalue weighted by atomic mass is 32.1. The largest absolute Gasteiger partial charge is 0.508 e. The first kappa shape index (κ1) is 16.1. The third kappa shape index (κ3) is 3.10. The maximum Gasteiger partial charge on any atom is 0.115 e. The van der Waals surface area contributed by atoms with Crippen molar-refractivity contribution >= 4 is 11.3 Å². The smallest absolute Gasteiger partial charge is 0.115 e. The fraction of sp³-hybridized carbons (Fsp3) is 0.500. The number of hydrogen-bond donors (Lipinski definition) is 1. The van der Waals surface area contributed by atoms with Crippen molar-refractivity contribution in [3.63, 3.8) is 0 Å². The molecule has 1 unspecified atom stereocenters. The molecule has 0 spiro atoms. The quantitative estimate of drug-likeness (QED) is 0.905. The molecule has 1 aliphatic heterocycles. The molecule has 1 fully saturated rings. The van der Waals surface area contributed by atoms with Crippen LogP contribution < -0.4 is 0 Å². The zero-order valence-electron chi connectivity index (χ0n) is 14.1. The zero-order chi connectivity index (χ0) is 16.5. The van der Waals surface area contributed by atoms with Gasteiger partial charge in [0.15, 0.2) is 0 Å². The summed E-state index contributed by atoms with van der Waals surface area (Å²) in [7, 11) is 0. The van der Waals surface area contributed by atoms with Gasteiger partial charge in [0.25, 0.3) is 0 Å². The Balaban J connectivity index is 1.62. The number of hydrogen-bond acceptors (Lipinski definition) is 4. The number of benzene rings is 1. The zero-order valence-corrected chi connectivity index (χ0v) is 15.0. The van der Waals surface area contributed by atoms with Crippen LogP contribution in [-0.2, 0) is 17.6 Å². The number of thiophene rings is 1. The van der Waals surface area contributed by atoms with E-state index in [2.05, 4.69) is 35.4 Å². The van der Waals surface area contributed by atoms with E-state index in [9.17, 15) is 5.11 Å². The van der Waals surface area contributed by atoms with Gasteiger partial charge in [-0.15, -0.1) is 11.3 Å². The summed E-state index contributed by atoms with van der Waals surface area (Å²) in [4.78, 5) is 4.02. The number of aryl methyl sites for hydroxylation is 1. The van der Waals surface area contributed by atoms with Gasteiger partial charge in [0.1, 0.15) is 5.75 Å².